The summed E-state index contributed by atoms with van der Waals surface area (Å²) in [6.07, 6.45) is 2.74. The van der Waals surface area contributed by atoms with Gasteiger partial charge in [-0.1, -0.05) is 12.1 Å². The number of carbonyl (C=O) groups excluding carboxylic acids is 1. The van der Waals surface area contributed by atoms with Crippen molar-refractivity contribution in [3.63, 3.8) is 0 Å². The van der Waals surface area contributed by atoms with Crippen molar-refractivity contribution >= 4 is 12.0 Å². The standard InChI is InChI=1S/C12H14O4/c1-3-16-11(13)8-7-9-5-4-6-10(15-2)12(9)14/h4-8,14H,3H2,1-2H3/b8-7+. The fourth-order valence-electron chi connectivity index (χ4n) is 1.19. The molecule has 0 heterocycles. The minimum absolute atomic E-state index is 0.00514. The molecule has 86 valence electrons. The lowest BCUT2D eigenvalue weighted by molar-refractivity contribution is -0.137. The monoisotopic (exact) mass is 222 g/mol. The van der Waals surface area contributed by atoms with Crippen LogP contribution in [0.4, 0.5) is 0 Å². The molecule has 0 radical (unpaired) electrons. The topological polar surface area (TPSA) is 55.8 Å². The number of para-hydroxylation sites is 1. The zero-order valence-corrected chi connectivity index (χ0v) is 9.27. The Balaban J connectivity index is 2.85. The Morgan fingerprint density at radius 3 is 2.88 bits per heavy atom. The molecular weight excluding hydrogens is 208 g/mol. The van der Waals surface area contributed by atoms with Gasteiger partial charge >= 0.3 is 5.97 Å². The summed E-state index contributed by atoms with van der Waals surface area (Å²) in [4.78, 5) is 11.1. The third-order valence-electron chi connectivity index (χ3n) is 1.94. The van der Waals surface area contributed by atoms with Crippen LogP contribution in [0.15, 0.2) is 24.3 Å². The van der Waals surface area contributed by atoms with Gasteiger partial charge < -0.3 is 14.6 Å². The van der Waals surface area contributed by atoms with Gasteiger partial charge in [0.15, 0.2) is 11.5 Å². The van der Waals surface area contributed by atoms with Gasteiger partial charge in [0.05, 0.1) is 13.7 Å². The number of phenols is 1. The highest BCUT2D eigenvalue weighted by Gasteiger charge is 2.04. The number of benzene rings is 1. The first-order chi connectivity index (χ1) is 7.69. The molecule has 0 bridgehead atoms. The molecule has 0 amide bonds. The molecule has 0 aliphatic carbocycles. The van der Waals surface area contributed by atoms with Crippen molar-refractivity contribution in [2.24, 2.45) is 0 Å². The van der Waals surface area contributed by atoms with Crippen LogP contribution in [-0.2, 0) is 9.53 Å². The second kappa shape index (κ2) is 5.80. The maximum Gasteiger partial charge on any atom is 0.330 e. The van der Waals surface area contributed by atoms with E-state index in [9.17, 15) is 9.90 Å². The van der Waals surface area contributed by atoms with Crippen LogP contribution >= 0.6 is 0 Å². The summed E-state index contributed by atoms with van der Waals surface area (Å²) in [6, 6.07) is 5.04. The molecule has 0 atom stereocenters. The minimum Gasteiger partial charge on any atom is -0.504 e. The zero-order valence-electron chi connectivity index (χ0n) is 9.27. The predicted molar refractivity (Wildman–Crippen MR) is 60.3 cm³/mol. The molecule has 16 heavy (non-hydrogen) atoms. The van der Waals surface area contributed by atoms with Crippen LogP contribution in [0.5, 0.6) is 11.5 Å². The van der Waals surface area contributed by atoms with Crippen molar-refractivity contribution in [1.82, 2.24) is 0 Å². The fourth-order valence-corrected chi connectivity index (χ4v) is 1.19. The van der Waals surface area contributed by atoms with Crippen LogP contribution in [0.1, 0.15) is 12.5 Å². The highest BCUT2D eigenvalue weighted by molar-refractivity contribution is 5.87. The SMILES string of the molecule is CCOC(=O)/C=C/c1cccc(OC)c1O. The first kappa shape index (κ1) is 12.1. The Labute approximate surface area is 94.1 Å². The lowest BCUT2D eigenvalue weighted by Crippen LogP contribution is -1.98. The van der Waals surface area contributed by atoms with Gasteiger partial charge in [0.25, 0.3) is 0 Å². The summed E-state index contributed by atoms with van der Waals surface area (Å²) in [6.45, 7) is 2.06. The summed E-state index contributed by atoms with van der Waals surface area (Å²) >= 11 is 0. The van der Waals surface area contributed by atoms with Crippen molar-refractivity contribution in [3.05, 3.63) is 29.8 Å². The van der Waals surface area contributed by atoms with Gasteiger partial charge in [-0.2, -0.15) is 0 Å². The average Bonchev–Trinajstić information content (AvgIpc) is 2.28. The van der Waals surface area contributed by atoms with Gasteiger partial charge in [-0.15, -0.1) is 0 Å². The third kappa shape index (κ3) is 3.02. The van der Waals surface area contributed by atoms with Crippen molar-refractivity contribution in [2.75, 3.05) is 13.7 Å². The van der Waals surface area contributed by atoms with Gasteiger partial charge in [-0.25, -0.2) is 4.79 Å². The number of hydrogen-bond acceptors (Lipinski definition) is 4. The molecule has 0 fully saturated rings. The third-order valence-corrected chi connectivity index (χ3v) is 1.94. The Morgan fingerprint density at radius 2 is 2.25 bits per heavy atom. The molecule has 1 N–H and O–H groups in total. The van der Waals surface area contributed by atoms with E-state index in [2.05, 4.69) is 0 Å². The molecule has 0 spiro atoms. The highest BCUT2D eigenvalue weighted by Crippen LogP contribution is 2.30. The molecule has 0 saturated carbocycles. The van der Waals surface area contributed by atoms with E-state index in [-0.39, 0.29) is 5.75 Å². The van der Waals surface area contributed by atoms with Gasteiger partial charge in [-0.3, -0.25) is 0 Å². The summed E-state index contributed by atoms with van der Waals surface area (Å²) in [7, 11) is 1.47. The van der Waals surface area contributed by atoms with E-state index < -0.39 is 5.97 Å². The van der Waals surface area contributed by atoms with E-state index in [0.717, 1.165) is 0 Å². The van der Waals surface area contributed by atoms with E-state index in [4.69, 9.17) is 9.47 Å². The first-order valence-electron chi connectivity index (χ1n) is 4.89. The molecule has 4 heteroatoms. The summed E-state index contributed by atoms with van der Waals surface area (Å²) in [5.74, 6) is -0.0683. The van der Waals surface area contributed by atoms with Crippen molar-refractivity contribution in [3.8, 4) is 11.5 Å². The van der Waals surface area contributed by atoms with Crippen LogP contribution in [0.3, 0.4) is 0 Å². The maximum absolute atomic E-state index is 11.1. The molecule has 4 nitrogen and oxygen atoms in total. The lowest BCUT2D eigenvalue weighted by atomic mass is 10.1. The molecule has 0 aliphatic rings. The van der Waals surface area contributed by atoms with Crippen LogP contribution in [-0.4, -0.2) is 24.8 Å². The van der Waals surface area contributed by atoms with E-state index in [1.807, 2.05) is 0 Å². The number of rotatable bonds is 4. The predicted octanol–water partition coefficient (Wildman–Crippen LogP) is 1.98. The van der Waals surface area contributed by atoms with Crippen molar-refractivity contribution in [2.45, 2.75) is 6.92 Å². The molecule has 0 unspecified atom stereocenters. The van der Waals surface area contributed by atoms with Gasteiger partial charge in [-0.05, 0) is 19.1 Å². The number of phenolic OH excluding ortho intramolecular Hbond substituents is 1. The van der Waals surface area contributed by atoms with E-state index >= 15 is 0 Å². The van der Waals surface area contributed by atoms with Crippen LogP contribution < -0.4 is 4.74 Å². The number of aromatic hydroxyl groups is 1. The minimum atomic E-state index is -0.440. The van der Waals surface area contributed by atoms with Crippen molar-refractivity contribution < 1.29 is 19.4 Å². The quantitative estimate of drug-likeness (QED) is 0.625. The second-order valence-corrected chi connectivity index (χ2v) is 2.98. The molecule has 1 aromatic rings. The Bertz CT molecular complexity index is 396. The van der Waals surface area contributed by atoms with E-state index in [1.54, 1.807) is 25.1 Å². The molecular formula is C12H14O4. The van der Waals surface area contributed by atoms with Crippen LogP contribution in [0.25, 0.3) is 6.08 Å². The summed E-state index contributed by atoms with van der Waals surface area (Å²) in [5.41, 5.74) is 0.507. The molecule has 0 aliphatic heterocycles. The zero-order chi connectivity index (χ0) is 12.0. The number of carbonyl (C=O) groups is 1. The first-order valence-corrected chi connectivity index (χ1v) is 4.89. The summed E-state index contributed by atoms with van der Waals surface area (Å²) in [5, 5.41) is 9.70. The molecule has 1 aromatic carbocycles. The van der Waals surface area contributed by atoms with Crippen LogP contribution in [0.2, 0.25) is 0 Å². The second-order valence-electron chi connectivity index (χ2n) is 2.98. The number of hydrogen-bond donors (Lipinski definition) is 1. The van der Waals surface area contributed by atoms with Crippen molar-refractivity contribution in [1.29, 1.82) is 0 Å². The Kier molecular flexibility index (Phi) is 4.39. The van der Waals surface area contributed by atoms with Gasteiger partial charge in [0, 0.05) is 11.6 Å². The van der Waals surface area contributed by atoms with E-state index in [1.165, 1.54) is 19.3 Å². The number of ether oxygens (including phenoxy) is 2. The molecule has 0 saturated heterocycles. The lowest BCUT2D eigenvalue weighted by Gasteiger charge is -2.04. The van der Waals surface area contributed by atoms with E-state index in [0.29, 0.717) is 17.9 Å². The van der Waals surface area contributed by atoms with Crippen LogP contribution in [0, 0.1) is 0 Å². The number of esters is 1. The van der Waals surface area contributed by atoms with Gasteiger partial charge in [0.1, 0.15) is 0 Å². The van der Waals surface area contributed by atoms with Gasteiger partial charge in [0.2, 0.25) is 0 Å². The molecule has 1 rings (SSSR count). The largest absolute Gasteiger partial charge is 0.504 e. The number of methoxy groups -OCH3 is 1. The summed E-state index contributed by atoms with van der Waals surface area (Å²) < 4.78 is 9.66. The maximum atomic E-state index is 11.1. The Morgan fingerprint density at radius 1 is 1.50 bits per heavy atom. The fraction of sp³-hybridized carbons (Fsp3) is 0.250. The molecule has 0 aromatic heterocycles. The smallest absolute Gasteiger partial charge is 0.330 e. The normalized spacial score (nSPS) is 10.4. The highest BCUT2D eigenvalue weighted by atomic mass is 16.5. The average molecular weight is 222 g/mol. The Hall–Kier alpha value is -1.97.